The monoisotopic (exact) mass is 336 g/mol. The first-order valence-electron chi connectivity index (χ1n) is 8.69. The number of unbranched alkanes of at least 4 members (excludes halogenated alkanes) is 8. The maximum atomic E-state index is 10.2. The zero-order chi connectivity index (χ0) is 15.8. The molecule has 0 aliphatic rings. The van der Waals surface area contributed by atoms with E-state index in [1.807, 2.05) is 0 Å². The van der Waals surface area contributed by atoms with Crippen molar-refractivity contribution in [1.82, 2.24) is 0 Å². The van der Waals surface area contributed by atoms with Gasteiger partial charge in [-0.1, -0.05) is 64.0 Å². The molecule has 0 bridgehead atoms. The number of aliphatic hydroxyl groups excluding tert-OH is 1. The van der Waals surface area contributed by atoms with Crippen LogP contribution in [0.3, 0.4) is 0 Å². The van der Waals surface area contributed by atoms with Gasteiger partial charge in [0.15, 0.2) is 0 Å². The number of allylic oxidation sites excluding steroid dienone is 1. The number of aliphatic hydroxyl groups is 1. The summed E-state index contributed by atoms with van der Waals surface area (Å²) in [6, 6.07) is 0. The van der Waals surface area contributed by atoms with Crippen molar-refractivity contribution in [3.05, 3.63) is 12.2 Å². The molecule has 22 heavy (non-hydrogen) atoms. The minimum atomic E-state index is -0.952. The van der Waals surface area contributed by atoms with Crippen LogP contribution in [0.15, 0.2) is 12.2 Å². The molecule has 4 heteroatoms. The molecule has 3 nitrogen and oxygen atoms in total. The van der Waals surface area contributed by atoms with Gasteiger partial charge in [-0.25, -0.2) is 0 Å². The Bertz CT molecular complexity index is 267. The summed E-state index contributed by atoms with van der Waals surface area (Å²) in [7, 11) is 0. The van der Waals surface area contributed by atoms with E-state index >= 15 is 0 Å². The topological polar surface area (TPSA) is 60.4 Å². The number of hydrogen-bond donors (Lipinski definition) is 1. The summed E-state index contributed by atoms with van der Waals surface area (Å²) in [4.78, 5) is 10.2. The van der Waals surface area contributed by atoms with E-state index in [9.17, 15) is 15.0 Å². The molecule has 0 saturated carbocycles. The Hall–Kier alpha value is 0.806. The number of hydrogen-bond acceptors (Lipinski definition) is 3. The smallest absolute Gasteiger partial charge is 0.550 e. The fourth-order valence-electron chi connectivity index (χ4n) is 2.36. The second-order valence-corrected chi connectivity index (χ2v) is 5.89. The van der Waals surface area contributed by atoms with E-state index in [4.69, 9.17) is 0 Å². The van der Waals surface area contributed by atoms with Crippen molar-refractivity contribution in [3.8, 4) is 0 Å². The number of carbonyl (C=O) groups excluding carboxylic acids is 1. The van der Waals surface area contributed by atoms with Gasteiger partial charge in [0.05, 0.1) is 6.10 Å². The largest absolute Gasteiger partial charge is 1.00 e. The molecule has 1 atom stereocenters. The van der Waals surface area contributed by atoms with Gasteiger partial charge in [-0.3, -0.25) is 0 Å². The molecule has 0 spiro atoms. The molecule has 0 aromatic heterocycles. The Labute approximate surface area is 179 Å². The first-order valence-corrected chi connectivity index (χ1v) is 8.69. The Morgan fingerprint density at radius 1 is 1.00 bits per heavy atom. The predicted molar refractivity (Wildman–Crippen MR) is 85.8 cm³/mol. The first-order chi connectivity index (χ1) is 10.2. The summed E-state index contributed by atoms with van der Waals surface area (Å²) in [5.74, 6) is -0.952. The second-order valence-electron chi connectivity index (χ2n) is 5.89. The van der Waals surface area contributed by atoms with E-state index < -0.39 is 5.97 Å². The SMILES string of the molecule is CCCCCC/C=C/CC(O)CCCCCCCC(=O)[O-].[K+]. The van der Waals surface area contributed by atoms with Crippen LogP contribution in [0.2, 0.25) is 0 Å². The molecule has 124 valence electrons. The molecule has 0 aliphatic heterocycles. The molecule has 0 aromatic carbocycles. The van der Waals surface area contributed by atoms with Crippen molar-refractivity contribution < 1.29 is 66.4 Å². The minimum Gasteiger partial charge on any atom is -0.550 e. The summed E-state index contributed by atoms with van der Waals surface area (Å²) in [5.41, 5.74) is 0. The van der Waals surface area contributed by atoms with Gasteiger partial charge in [-0.05, 0) is 38.5 Å². The molecule has 0 aliphatic carbocycles. The normalized spacial score (nSPS) is 12.3. The quantitative estimate of drug-likeness (QED) is 0.273. The Morgan fingerprint density at radius 3 is 2.32 bits per heavy atom. The zero-order valence-corrected chi connectivity index (χ0v) is 17.8. The second kappa shape index (κ2) is 19.9. The van der Waals surface area contributed by atoms with E-state index in [0.29, 0.717) is 6.42 Å². The fourth-order valence-corrected chi connectivity index (χ4v) is 2.36. The van der Waals surface area contributed by atoms with Crippen LogP contribution in [0.25, 0.3) is 0 Å². The third-order valence-electron chi connectivity index (χ3n) is 3.72. The van der Waals surface area contributed by atoms with E-state index in [2.05, 4.69) is 19.1 Å². The fraction of sp³-hybridized carbons (Fsp3) is 0.833. The summed E-state index contributed by atoms with van der Waals surface area (Å²) >= 11 is 0. The molecule has 1 unspecified atom stereocenters. The van der Waals surface area contributed by atoms with Crippen LogP contribution in [0.1, 0.15) is 90.4 Å². The zero-order valence-electron chi connectivity index (χ0n) is 14.7. The molecular weight excluding hydrogens is 303 g/mol. The summed E-state index contributed by atoms with van der Waals surface area (Å²) in [6.07, 6.45) is 17.0. The third-order valence-corrected chi connectivity index (χ3v) is 3.72. The Kier molecular flexibility index (Phi) is 22.6. The number of carboxylic acids is 1. The van der Waals surface area contributed by atoms with Gasteiger partial charge >= 0.3 is 51.4 Å². The van der Waals surface area contributed by atoms with Crippen LogP contribution >= 0.6 is 0 Å². The molecule has 1 N–H and O–H groups in total. The van der Waals surface area contributed by atoms with Crippen molar-refractivity contribution >= 4 is 5.97 Å². The number of rotatable bonds is 15. The molecule has 0 aromatic rings. The van der Waals surface area contributed by atoms with Crippen molar-refractivity contribution in [3.63, 3.8) is 0 Å². The van der Waals surface area contributed by atoms with Gasteiger partial charge in [-0.15, -0.1) is 0 Å². The third kappa shape index (κ3) is 20.8. The minimum absolute atomic E-state index is 0. The number of aliphatic carboxylic acids is 1. The number of carboxylic acid groups (broad SMARTS) is 1. The van der Waals surface area contributed by atoms with E-state index in [1.165, 1.54) is 25.7 Å². The van der Waals surface area contributed by atoms with Gasteiger partial charge in [0.25, 0.3) is 0 Å². The molecule has 0 radical (unpaired) electrons. The number of carbonyl (C=O) groups is 1. The standard InChI is InChI=1S/C18H34O3.K/c1-2-3-4-5-6-8-11-14-17(19)15-12-9-7-10-13-16-18(20)21;/h8,11,17,19H,2-7,9-10,12-16H2,1H3,(H,20,21);/q;+1/p-1/b11-8+;. The van der Waals surface area contributed by atoms with E-state index in [-0.39, 0.29) is 63.9 Å². The van der Waals surface area contributed by atoms with E-state index in [0.717, 1.165) is 44.9 Å². The van der Waals surface area contributed by atoms with Crippen LogP contribution in [0, 0.1) is 0 Å². The van der Waals surface area contributed by atoms with Crippen molar-refractivity contribution in [2.24, 2.45) is 0 Å². The van der Waals surface area contributed by atoms with Crippen molar-refractivity contribution in [2.45, 2.75) is 96.5 Å². The summed E-state index contributed by atoms with van der Waals surface area (Å²) in [5, 5.41) is 20.1. The molecule has 0 heterocycles. The van der Waals surface area contributed by atoms with Gasteiger partial charge in [0.1, 0.15) is 0 Å². The molecule has 0 amide bonds. The maximum absolute atomic E-state index is 10.2. The Morgan fingerprint density at radius 2 is 1.64 bits per heavy atom. The van der Waals surface area contributed by atoms with Crippen LogP contribution in [0.4, 0.5) is 0 Å². The summed E-state index contributed by atoms with van der Waals surface area (Å²) < 4.78 is 0. The van der Waals surface area contributed by atoms with Gasteiger partial charge < -0.3 is 15.0 Å². The average molecular weight is 337 g/mol. The average Bonchev–Trinajstić information content (AvgIpc) is 2.45. The maximum Gasteiger partial charge on any atom is 1.00 e. The van der Waals surface area contributed by atoms with Crippen LogP contribution in [-0.2, 0) is 4.79 Å². The molecule has 0 rings (SSSR count). The molecule has 0 saturated heterocycles. The molecular formula is C18H33KO3. The van der Waals surface area contributed by atoms with Crippen LogP contribution in [0.5, 0.6) is 0 Å². The van der Waals surface area contributed by atoms with E-state index in [1.54, 1.807) is 0 Å². The first kappa shape index (κ1) is 25.1. The van der Waals surface area contributed by atoms with Crippen molar-refractivity contribution in [1.29, 1.82) is 0 Å². The van der Waals surface area contributed by atoms with Crippen LogP contribution < -0.4 is 56.5 Å². The predicted octanol–water partition coefficient (Wildman–Crippen LogP) is 0.749. The Balaban J connectivity index is 0. The van der Waals surface area contributed by atoms with Gasteiger partial charge in [0.2, 0.25) is 0 Å². The van der Waals surface area contributed by atoms with Crippen LogP contribution in [-0.4, -0.2) is 17.2 Å². The summed E-state index contributed by atoms with van der Waals surface area (Å²) in [6.45, 7) is 2.22. The van der Waals surface area contributed by atoms with Gasteiger partial charge in [0, 0.05) is 5.97 Å². The van der Waals surface area contributed by atoms with Crippen molar-refractivity contribution in [2.75, 3.05) is 0 Å². The van der Waals surface area contributed by atoms with Gasteiger partial charge in [-0.2, -0.15) is 0 Å². The molecule has 0 fully saturated rings.